The molecule has 2 aromatic carbocycles. The molecule has 0 spiro atoms. The van der Waals surface area contributed by atoms with Crippen molar-refractivity contribution in [2.45, 2.75) is 17.4 Å². The summed E-state index contributed by atoms with van der Waals surface area (Å²) < 4.78 is 27.1. The summed E-state index contributed by atoms with van der Waals surface area (Å²) in [7, 11) is -1.55. The monoisotopic (exact) mass is 316 g/mol. The molecular weight excluding hydrogens is 296 g/mol. The maximum Gasteiger partial charge on any atom is 0.243 e. The van der Waals surface area contributed by atoms with Crippen LogP contribution >= 0.6 is 0 Å². The molecule has 1 fully saturated rings. The molecule has 3 rings (SSSR count). The van der Waals surface area contributed by atoms with Crippen molar-refractivity contribution in [1.29, 1.82) is 0 Å². The van der Waals surface area contributed by atoms with E-state index in [1.54, 1.807) is 22.5 Å². The molecule has 1 aliphatic rings. The first-order valence-electron chi connectivity index (χ1n) is 7.44. The van der Waals surface area contributed by atoms with Gasteiger partial charge in [-0.3, -0.25) is 0 Å². The molecule has 1 aliphatic heterocycles. The van der Waals surface area contributed by atoms with Crippen LogP contribution in [-0.4, -0.2) is 38.9 Å². The molecular formula is C17H20N2O2S. The highest BCUT2D eigenvalue weighted by molar-refractivity contribution is 7.89. The number of rotatable bonds is 4. The Labute approximate surface area is 131 Å². The molecule has 22 heavy (non-hydrogen) atoms. The van der Waals surface area contributed by atoms with Crippen molar-refractivity contribution >= 4 is 10.0 Å². The van der Waals surface area contributed by atoms with E-state index in [9.17, 15) is 8.42 Å². The molecule has 4 nitrogen and oxygen atoms in total. The highest BCUT2D eigenvalue weighted by atomic mass is 32.2. The lowest BCUT2D eigenvalue weighted by Crippen LogP contribution is -2.33. The van der Waals surface area contributed by atoms with E-state index >= 15 is 0 Å². The number of hydrogen-bond donors (Lipinski definition) is 1. The molecule has 0 radical (unpaired) electrons. The number of benzene rings is 2. The van der Waals surface area contributed by atoms with Gasteiger partial charge in [0.15, 0.2) is 0 Å². The summed E-state index contributed by atoms with van der Waals surface area (Å²) in [6, 6.07) is 17.3. The predicted molar refractivity (Wildman–Crippen MR) is 88.1 cm³/mol. The van der Waals surface area contributed by atoms with Crippen molar-refractivity contribution < 1.29 is 8.42 Å². The quantitative estimate of drug-likeness (QED) is 0.942. The van der Waals surface area contributed by atoms with Crippen molar-refractivity contribution in [1.82, 2.24) is 9.62 Å². The lowest BCUT2D eigenvalue weighted by molar-refractivity contribution is 0.464. The Bertz CT molecular complexity index is 744. The first-order chi connectivity index (χ1) is 10.6. The second-order valence-corrected chi connectivity index (χ2v) is 7.47. The van der Waals surface area contributed by atoms with Crippen LogP contribution in [0.25, 0.3) is 11.1 Å². The van der Waals surface area contributed by atoms with Crippen LogP contribution in [0.5, 0.6) is 0 Å². The van der Waals surface area contributed by atoms with Crippen molar-refractivity contribution in [2.24, 2.45) is 0 Å². The fraction of sp³-hybridized carbons (Fsp3) is 0.294. The molecule has 0 bridgehead atoms. The first kappa shape index (κ1) is 15.2. The van der Waals surface area contributed by atoms with Crippen LogP contribution < -0.4 is 5.32 Å². The summed E-state index contributed by atoms with van der Waals surface area (Å²) in [5.74, 6) is 0. The molecule has 5 heteroatoms. The average Bonchev–Trinajstić information content (AvgIpc) is 3.06. The fourth-order valence-electron chi connectivity index (χ4n) is 2.80. The number of nitrogens with one attached hydrogen (secondary N) is 1. The Kier molecular flexibility index (Phi) is 4.29. The minimum absolute atomic E-state index is 0.243. The van der Waals surface area contributed by atoms with Crippen LogP contribution in [0.2, 0.25) is 0 Å². The second-order valence-electron chi connectivity index (χ2n) is 5.53. The summed E-state index contributed by atoms with van der Waals surface area (Å²) >= 11 is 0. The van der Waals surface area contributed by atoms with Crippen LogP contribution in [0, 0.1) is 0 Å². The fourth-order valence-corrected chi connectivity index (χ4v) is 4.34. The number of sulfonamides is 1. The maximum absolute atomic E-state index is 12.8. The maximum atomic E-state index is 12.8. The Hall–Kier alpha value is -1.69. The highest BCUT2D eigenvalue weighted by Gasteiger charge is 2.31. The van der Waals surface area contributed by atoms with Crippen LogP contribution in [0.15, 0.2) is 59.5 Å². The summed E-state index contributed by atoms with van der Waals surface area (Å²) in [5.41, 5.74) is 1.94. The van der Waals surface area contributed by atoms with Gasteiger partial charge in [-0.05, 0) is 36.7 Å². The molecule has 116 valence electrons. The SMILES string of the molecule is CNC1CCN(S(=O)(=O)c2cccc(-c3ccccc3)c2)C1. The zero-order chi connectivity index (χ0) is 15.6. The molecule has 1 unspecified atom stereocenters. The van der Waals surface area contributed by atoms with Gasteiger partial charge < -0.3 is 5.32 Å². The topological polar surface area (TPSA) is 49.4 Å². The zero-order valence-electron chi connectivity index (χ0n) is 12.6. The van der Waals surface area contributed by atoms with E-state index in [0.29, 0.717) is 18.0 Å². The zero-order valence-corrected chi connectivity index (χ0v) is 13.4. The van der Waals surface area contributed by atoms with E-state index in [2.05, 4.69) is 5.32 Å². The van der Waals surface area contributed by atoms with Crippen LogP contribution in [0.3, 0.4) is 0 Å². The van der Waals surface area contributed by atoms with Gasteiger partial charge in [-0.25, -0.2) is 8.42 Å². The summed E-state index contributed by atoms with van der Waals surface area (Å²) in [6.45, 7) is 1.11. The minimum Gasteiger partial charge on any atom is -0.316 e. The van der Waals surface area contributed by atoms with Gasteiger partial charge in [-0.2, -0.15) is 4.31 Å². The van der Waals surface area contributed by atoms with E-state index in [0.717, 1.165) is 17.5 Å². The molecule has 0 aliphatic carbocycles. The first-order valence-corrected chi connectivity index (χ1v) is 8.88. The van der Waals surface area contributed by atoms with Crippen LogP contribution in [0.1, 0.15) is 6.42 Å². The van der Waals surface area contributed by atoms with E-state index < -0.39 is 10.0 Å². The number of likely N-dealkylation sites (N-methyl/N-ethyl adjacent to an activating group) is 1. The van der Waals surface area contributed by atoms with Gasteiger partial charge in [0, 0.05) is 19.1 Å². The third-order valence-corrected chi connectivity index (χ3v) is 6.00. The summed E-state index contributed by atoms with van der Waals surface area (Å²) in [5, 5.41) is 3.15. The highest BCUT2D eigenvalue weighted by Crippen LogP contribution is 2.26. The molecule has 1 atom stereocenters. The summed E-state index contributed by atoms with van der Waals surface area (Å²) in [6.07, 6.45) is 0.855. The lowest BCUT2D eigenvalue weighted by atomic mass is 10.1. The van der Waals surface area contributed by atoms with Crippen LogP contribution in [-0.2, 0) is 10.0 Å². The molecule has 0 saturated carbocycles. The molecule has 1 saturated heterocycles. The molecule has 2 aromatic rings. The van der Waals surface area contributed by atoms with E-state index in [1.807, 2.05) is 43.4 Å². The van der Waals surface area contributed by atoms with E-state index in [-0.39, 0.29) is 6.04 Å². The Balaban J connectivity index is 1.92. The van der Waals surface area contributed by atoms with Gasteiger partial charge in [-0.1, -0.05) is 42.5 Å². The number of nitrogens with zero attached hydrogens (tertiary/aromatic N) is 1. The van der Waals surface area contributed by atoms with E-state index in [1.165, 1.54) is 0 Å². The lowest BCUT2D eigenvalue weighted by Gasteiger charge is -2.17. The van der Waals surface area contributed by atoms with Crippen LogP contribution in [0.4, 0.5) is 0 Å². The van der Waals surface area contributed by atoms with Crippen molar-refractivity contribution in [3.63, 3.8) is 0 Å². The molecule has 1 heterocycles. The van der Waals surface area contributed by atoms with Crippen molar-refractivity contribution in [3.8, 4) is 11.1 Å². The normalized spacial score (nSPS) is 19.4. The van der Waals surface area contributed by atoms with Gasteiger partial charge in [0.25, 0.3) is 0 Å². The molecule has 1 N–H and O–H groups in total. The van der Waals surface area contributed by atoms with Crippen molar-refractivity contribution in [2.75, 3.05) is 20.1 Å². The third kappa shape index (κ3) is 2.92. The van der Waals surface area contributed by atoms with Gasteiger partial charge in [0.2, 0.25) is 10.0 Å². The second kappa shape index (κ2) is 6.20. The average molecular weight is 316 g/mol. The smallest absolute Gasteiger partial charge is 0.243 e. The van der Waals surface area contributed by atoms with Crippen molar-refractivity contribution in [3.05, 3.63) is 54.6 Å². The molecule has 0 amide bonds. The van der Waals surface area contributed by atoms with Gasteiger partial charge in [0.05, 0.1) is 4.90 Å². The summed E-state index contributed by atoms with van der Waals surface area (Å²) in [4.78, 5) is 0.366. The minimum atomic E-state index is -3.42. The third-order valence-electron chi connectivity index (χ3n) is 4.14. The van der Waals surface area contributed by atoms with Gasteiger partial charge >= 0.3 is 0 Å². The molecule has 0 aromatic heterocycles. The Morgan fingerprint density at radius 3 is 2.45 bits per heavy atom. The Morgan fingerprint density at radius 1 is 1.05 bits per heavy atom. The Morgan fingerprint density at radius 2 is 1.77 bits per heavy atom. The van der Waals surface area contributed by atoms with Gasteiger partial charge in [0.1, 0.15) is 0 Å². The largest absolute Gasteiger partial charge is 0.316 e. The van der Waals surface area contributed by atoms with E-state index in [4.69, 9.17) is 0 Å². The predicted octanol–water partition coefficient (Wildman–Crippen LogP) is 2.34. The standard InChI is InChI=1S/C17H20N2O2S/c1-18-16-10-11-19(13-16)22(20,21)17-9-5-8-15(12-17)14-6-3-2-4-7-14/h2-9,12,16,18H,10-11,13H2,1H3. The van der Waals surface area contributed by atoms with Gasteiger partial charge in [-0.15, -0.1) is 0 Å². The number of hydrogen-bond acceptors (Lipinski definition) is 3.